The Hall–Kier alpha value is -0.200. The lowest BCUT2D eigenvalue weighted by atomic mass is 10.1. The largest absolute Gasteiger partial charge is 0.289 e. The van der Waals surface area contributed by atoms with Crippen molar-refractivity contribution >= 4 is 51.0 Å². The van der Waals surface area contributed by atoms with Crippen molar-refractivity contribution in [3.8, 4) is 0 Å². The minimum Gasteiger partial charge on any atom is -0.289 e. The van der Waals surface area contributed by atoms with Crippen LogP contribution in [0.2, 0.25) is 0 Å². The zero-order chi connectivity index (χ0) is 10.1. The number of carbonyl (C=O) groups excluding carboxylic acids is 1. The van der Waals surface area contributed by atoms with Crippen LogP contribution in [0.4, 0.5) is 0 Å². The van der Waals surface area contributed by atoms with E-state index < -0.39 is 0 Å². The standard InChI is InChI=1S/C10H7IOS2/c1-6-8(2-3-13-6)10(12)7-4-9(11)14-5-7/h2-5H,1H3. The summed E-state index contributed by atoms with van der Waals surface area (Å²) in [6.07, 6.45) is 0. The van der Waals surface area contributed by atoms with Gasteiger partial charge in [0.15, 0.2) is 5.78 Å². The molecule has 0 aromatic carbocycles. The fourth-order valence-electron chi connectivity index (χ4n) is 1.21. The van der Waals surface area contributed by atoms with Gasteiger partial charge in [-0.1, -0.05) is 0 Å². The highest BCUT2D eigenvalue weighted by Crippen LogP contribution is 2.23. The Morgan fingerprint density at radius 1 is 1.43 bits per heavy atom. The van der Waals surface area contributed by atoms with E-state index in [0.29, 0.717) is 0 Å². The fourth-order valence-corrected chi connectivity index (χ4v) is 3.23. The predicted octanol–water partition coefficient (Wildman–Crippen LogP) is 3.95. The van der Waals surface area contributed by atoms with Crippen LogP contribution in [0.15, 0.2) is 22.9 Å². The second kappa shape index (κ2) is 4.12. The summed E-state index contributed by atoms with van der Waals surface area (Å²) < 4.78 is 1.15. The predicted molar refractivity (Wildman–Crippen MR) is 69.5 cm³/mol. The fraction of sp³-hybridized carbons (Fsp3) is 0.100. The molecule has 2 aromatic rings. The molecule has 14 heavy (non-hydrogen) atoms. The van der Waals surface area contributed by atoms with Crippen molar-refractivity contribution in [3.05, 3.63) is 41.8 Å². The normalized spacial score (nSPS) is 10.4. The Kier molecular flexibility index (Phi) is 3.04. The quantitative estimate of drug-likeness (QED) is 0.600. The van der Waals surface area contributed by atoms with Gasteiger partial charge in [-0.15, -0.1) is 22.7 Å². The summed E-state index contributed by atoms with van der Waals surface area (Å²) in [5, 5.41) is 3.88. The van der Waals surface area contributed by atoms with E-state index in [-0.39, 0.29) is 5.78 Å². The van der Waals surface area contributed by atoms with Crippen LogP contribution in [0.3, 0.4) is 0 Å². The summed E-state index contributed by atoms with van der Waals surface area (Å²) >= 11 is 5.45. The molecule has 0 saturated heterocycles. The second-order valence-electron chi connectivity index (χ2n) is 2.86. The summed E-state index contributed by atoms with van der Waals surface area (Å²) in [5.41, 5.74) is 1.64. The lowest BCUT2D eigenvalue weighted by Crippen LogP contribution is -1.98. The van der Waals surface area contributed by atoms with Crippen LogP contribution in [0.1, 0.15) is 20.8 Å². The molecule has 2 aromatic heterocycles. The summed E-state index contributed by atoms with van der Waals surface area (Å²) in [7, 11) is 0. The molecule has 0 radical (unpaired) electrons. The van der Waals surface area contributed by atoms with E-state index in [1.54, 1.807) is 22.7 Å². The SMILES string of the molecule is Cc1sccc1C(=O)c1csc(I)c1. The molecule has 2 rings (SSSR count). The van der Waals surface area contributed by atoms with Gasteiger partial charge >= 0.3 is 0 Å². The summed E-state index contributed by atoms with van der Waals surface area (Å²) in [4.78, 5) is 13.0. The first-order valence-corrected chi connectivity index (χ1v) is 6.85. The molecule has 0 saturated carbocycles. The third kappa shape index (κ3) is 1.92. The summed E-state index contributed by atoms with van der Waals surface area (Å²) in [6.45, 7) is 1.98. The zero-order valence-electron chi connectivity index (χ0n) is 7.41. The molecule has 0 bridgehead atoms. The van der Waals surface area contributed by atoms with Gasteiger partial charge in [0.25, 0.3) is 0 Å². The summed E-state index contributed by atoms with van der Waals surface area (Å²) in [5.74, 6) is 0.142. The first-order valence-electron chi connectivity index (χ1n) is 4.01. The molecule has 4 heteroatoms. The minimum atomic E-state index is 0.142. The highest BCUT2D eigenvalue weighted by atomic mass is 127. The van der Waals surface area contributed by atoms with E-state index in [4.69, 9.17) is 0 Å². The Morgan fingerprint density at radius 2 is 2.21 bits per heavy atom. The number of hydrogen-bond donors (Lipinski definition) is 0. The van der Waals surface area contributed by atoms with Crippen molar-refractivity contribution in [1.29, 1.82) is 0 Å². The molecule has 0 unspecified atom stereocenters. The summed E-state index contributed by atoms with van der Waals surface area (Å²) in [6, 6.07) is 3.83. The molecular weight excluding hydrogens is 327 g/mol. The Labute approximate surface area is 104 Å². The molecule has 0 aliphatic heterocycles. The maximum atomic E-state index is 12.0. The monoisotopic (exact) mass is 334 g/mol. The number of ketones is 1. The van der Waals surface area contributed by atoms with Gasteiger partial charge in [-0.05, 0) is 47.0 Å². The molecule has 72 valence electrons. The lowest BCUT2D eigenvalue weighted by Gasteiger charge is -1.95. The number of halogens is 1. The van der Waals surface area contributed by atoms with Crippen LogP contribution in [-0.2, 0) is 0 Å². The van der Waals surface area contributed by atoms with Gasteiger partial charge in [0, 0.05) is 21.4 Å². The van der Waals surface area contributed by atoms with Gasteiger partial charge in [0.2, 0.25) is 0 Å². The van der Waals surface area contributed by atoms with Crippen molar-refractivity contribution in [2.75, 3.05) is 0 Å². The van der Waals surface area contributed by atoms with Gasteiger partial charge < -0.3 is 0 Å². The van der Waals surface area contributed by atoms with E-state index in [0.717, 1.165) is 18.9 Å². The van der Waals surface area contributed by atoms with Crippen molar-refractivity contribution in [3.63, 3.8) is 0 Å². The lowest BCUT2D eigenvalue weighted by molar-refractivity contribution is 0.103. The molecule has 1 nitrogen and oxygen atoms in total. The van der Waals surface area contributed by atoms with Crippen LogP contribution in [0.25, 0.3) is 0 Å². The zero-order valence-corrected chi connectivity index (χ0v) is 11.2. The highest BCUT2D eigenvalue weighted by Gasteiger charge is 2.13. The van der Waals surface area contributed by atoms with E-state index in [9.17, 15) is 4.79 Å². The molecule has 0 amide bonds. The van der Waals surface area contributed by atoms with Crippen LogP contribution in [0, 0.1) is 9.81 Å². The smallest absolute Gasteiger partial charge is 0.195 e. The molecule has 0 aliphatic carbocycles. The van der Waals surface area contributed by atoms with Gasteiger partial charge in [-0.2, -0.15) is 0 Å². The Bertz CT molecular complexity index is 470. The molecule has 0 atom stereocenters. The van der Waals surface area contributed by atoms with E-state index in [2.05, 4.69) is 22.6 Å². The van der Waals surface area contributed by atoms with Crippen molar-refractivity contribution < 1.29 is 4.79 Å². The maximum Gasteiger partial charge on any atom is 0.195 e. The van der Waals surface area contributed by atoms with Crippen LogP contribution < -0.4 is 0 Å². The third-order valence-corrected chi connectivity index (χ3v) is 4.57. The van der Waals surface area contributed by atoms with E-state index >= 15 is 0 Å². The first kappa shape index (κ1) is 10.3. The molecule has 0 aliphatic rings. The first-order chi connectivity index (χ1) is 6.68. The Morgan fingerprint density at radius 3 is 2.71 bits per heavy atom. The van der Waals surface area contributed by atoms with Crippen molar-refractivity contribution in [1.82, 2.24) is 0 Å². The van der Waals surface area contributed by atoms with Crippen LogP contribution in [0.5, 0.6) is 0 Å². The third-order valence-electron chi connectivity index (χ3n) is 1.93. The average molecular weight is 334 g/mol. The van der Waals surface area contributed by atoms with Gasteiger partial charge in [-0.25, -0.2) is 0 Å². The molecule has 2 heterocycles. The minimum absolute atomic E-state index is 0.142. The highest BCUT2D eigenvalue weighted by molar-refractivity contribution is 14.1. The topological polar surface area (TPSA) is 17.1 Å². The maximum absolute atomic E-state index is 12.0. The number of rotatable bonds is 2. The van der Waals surface area contributed by atoms with E-state index in [1.165, 1.54) is 0 Å². The van der Waals surface area contributed by atoms with Crippen LogP contribution >= 0.6 is 45.3 Å². The van der Waals surface area contributed by atoms with Crippen molar-refractivity contribution in [2.24, 2.45) is 0 Å². The molecule has 0 N–H and O–H groups in total. The average Bonchev–Trinajstić information content (AvgIpc) is 2.73. The van der Waals surface area contributed by atoms with Gasteiger partial charge in [-0.3, -0.25) is 4.79 Å². The van der Waals surface area contributed by atoms with Gasteiger partial charge in [0.05, 0.1) is 2.88 Å². The number of thiophene rings is 2. The molecule has 0 spiro atoms. The number of aryl methyl sites for hydroxylation is 1. The van der Waals surface area contributed by atoms with E-state index in [1.807, 2.05) is 29.8 Å². The number of carbonyl (C=O) groups is 1. The van der Waals surface area contributed by atoms with Crippen LogP contribution in [-0.4, -0.2) is 5.78 Å². The van der Waals surface area contributed by atoms with Gasteiger partial charge in [0.1, 0.15) is 0 Å². The molecule has 0 fully saturated rings. The number of hydrogen-bond acceptors (Lipinski definition) is 3. The van der Waals surface area contributed by atoms with Crippen molar-refractivity contribution in [2.45, 2.75) is 6.92 Å². The second-order valence-corrected chi connectivity index (χ2v) is 6.78. The molecular formula is C10H7IOS2. The Balaban J connectivity index is 2.38.